The molecule has 1 aliphatic heterocycles. The highest BCUT2D eigenvalue weighted by Gasteiger charge is 2.18. The average Bonchev–Trinajstić information content (AvgIpc) is 2.42. The van der Waals surface area contributed by atoms with Crippen molar-refractivity contribution >= 4 is 11.6 Å². The van der Waals surface area contributed by atoms with E-state index in [1.807, 2.05) is 7.05 Å². The Morgan fingerprint density at radius 3 is 3.00 bits per heavy atom. The highest BCUT2D eigenvalue weighted by molar-refractivity contribution is 5.66. The van der Waals surface area contributed by atoms with Gasteiger partial charge in [0.2, 0.25) is 0 Å². The Balaban J connectivity index is 2.24. The highest BCUT2D eigenvalue weighted by atomic mass is 16.5. The van der Waals surface area contributed by atoms with E-state index in [-0.39, 0.29) is 12.3 Å². The zero-order valence-corrected chi connectivity index (χ0v) is 10.5. The molecule has 0 radical (unpaired) electrons. The van der Waals surface area contributed by atoms with Crippen LogP contribution in [0.25, 0.3) is 11.6 Å². The first-order chi connectivity index (χ1) is 8.88. The third kappa shape index (κ3) is 2.05. The molecule has 0 saturated heterocycles. The molecule has 0 amide bonds. The molecule has 0 bridgehead atoms. The monoisotopic (exact) mass is 239 g/mol. The minimum absolute atomic E-state index is 0.0438. The van der Waals surface area contributed by atoms with Crippen LogP contribution in [-0.4, -0.2) is 19.4 Å². The second kappa shape index (κ2) is 4.92. The van der Waals surface area contributed by atoms with Gasteiger partial charge in [-0.15, -0.1) is 0 Å². The van der Waals surface area contributed by atoms with Gasteiger partial charge in [0.05, 0.1) is 0 Å². The third-order valence-corrected chi connectivity index (χ3v) is 3.44. The molecule has 1 heterocycles. The first-order valence-corrected chi connectivity index (χ1v) is 6.35. The van der Waals surface area contributed by atoms with Crippen LogP contribution in [0.1, 0.15) is 6.42 Å². The van der Waals surface area contributed by atoms with Crippen molar-refractivity contribution in [2.75, 3.05) is 7.05 Å². The fourth-order valence-corrected chi connectivity index (χ4v) is 2.47. The maximum Gasteiger partial charge on any atom is 0.112 e. The molecule has 3 rings (SSSR count). The van der Waals surface area contributed by atoms with Gasteiger partial charge in [0.25, 0.3) is 0 Å². The number of hydrogen-bond donors (Lipinski definition) is 1. The average molecular weight is 239 g/mol. The second-order valence-corrected chi connectivity index (χ2v) is 4.56. The number of nitrogens with one attached hydrogen (secondary N) is 1. The molecule has 0 saturated carbocycles. The van der Waals surface area contributed by atoms with Crippen LogP contribution < -0.4 is 15.8 Å². The van der Waals surface area contributed by atoms with Crippen molar-refractivity contribution in [3.05, 3.63) is 59.0 Å². The number of benzene rings is 1. The summed E-state index contributed by atoms with van der Waals surface area (Å²) in [4.78, 5) is 0. The Morgan fingerprint density at radius 1 is 1.22 bits per heavy atom. The van der Waals surface area contributed by atoms with Crippen LogP contribution in [0.2, 0.25) is 0 Å². The fraction of sp³-hybridized carbons (Fsp3) is 0.250. The van der Waals surface area contributed by atoms with E-state index in [0.29, 0.717) is 0 Å². The highest BCUT2D eigenvalue weighted by Crippen LogP contribution is 2.17. The summed E-state index contributed by atoms with van der Waals surface area (Å²) >= 11 is 0. The van der Waals surface area contributed by atoms with Gasteiger partial charge in [0.1, 0.15) is 12.3 Å². The van der Waals surface area contributed by atoms with Crippen molar-refractivity contribution in [1.82, 2.24) is 5.32 Å². The lowest BCUT2D eigenvalue weighted by Gasteiger charge is -2.25. The lowest BCUT2D eigenvalue weighted by Crippen LogP contribution is -2.39. The van der Waals surface area contributed by atoms with Crippen LogP contribution in [0.4, 0.5) is 0 Å². The number of hydrogen-bond acceptors (Lipinski definition) is 2. The summed E-state index contributed by atoms with van der Waals surface area (Å²) < 4.78 is 6.08. The molecule has 1 aromatic carbocycles. The summed E-state index contributed by atoms with van der Waals surface area (Å²) in [6, 6.07) is 8.51. The molecule has 1 aliphatic carbocycles. The van der Waals surface area contributed by atoms with E-state index in [0.717, 1.165) is 6.42 Å². The van der Waals surface area contributed by atoms with E-state index in [4.69, 9.17) is 4.74 Å². The predicted octanol–water partition coefficient (Wildman–Crippen LogP) is 1.08. The van der Waals surface area contributed by atoms with Crippen molar-refractivity contribution in [1.29, 1.82) is 0 Å². The summed E-state index contributed by atoms with van der Waals surface area (Å²) in [7, 11) is 1.94. The number of fused-ring (bicyclic) bond motifs is 2. The lowest BCUT2D eigenvalue weighted by atomic mass is 9.99. The Kier molecular flexibility index (Phi) is 3.13. The molecule has 1 N–H and O–H groups in total. The zero-order chi connectivity index (χ0) is 12.4. The number of allylic oxidation sites excluding steroid dienone is 2. The molecule has 2 unspecified atom stereocenters. The van der Waals surface area contributed by atoms with E-state index in [9.17, 15) is 0 Å². The molecule has 2 nitrogen and oxygen atoms in total. The maximum atomic E-state index is 6.08. The van der Waals surface area contributed by atoms with Gasteiger partial charge in [-0.05, 0) is 23.1 Å². The topological polar surface area (TPSA) is 21.3 Å². The van der Waals surface area contributed by atoms with E-state index in [1.165, 1.54) is 16.0 Å². The predicted molar refractivity (Wildman–Crippen MR) is 74.2 cm³/mol. The van der Waals surface area contributed by atoms with Crippen molar-refractivity contribution in [3.63, 3.8) is 0 Å². The summed E-state index contributed by atoms with van der Waals surface area (Å²) in [6.45, 7) is 0. The van der Waals surface area contributed by atoms with Gasteiger partial charge in [-0.3, -0.25) is 5.32 Å². The van der Waals surface area contributed by atoms with Crippen LogP contribution in [0.5, 0.6) is 0 Å². The first-order valence-electron chi connectivity index (χ1n) is 6.35. The number of ether oxygens (including phenoxy) is 1. The lowest BCUT2D eigenvalue weighted by molar-refractivity contribution is 0.0274. The van der Waals surface area contributed by atoms with E-state index in [1.54, 1.807) is 0 Å². The molecule has 92 valence electrons. The van der Waals surface area contributed by atoms with E-state index in [2.05, 4.69) is 60.0 Å². The molecular formula is C16H17NO. The zero-order valence-electron chi connectivity index (χ0n) is 10.5. The summed E-state index contributed by atoms with van der Waals surface area (Å²) in [5.74, 6) is 0. The van der Waals surface area contributed by atoms with Crippen LogP contribution in [0.15, 0.2) is 48.6 Å². The molecule has 18 heavy (non-hydrogen) atoms. The minimum atomic E-state index is 0.0438. The Hall–Kier alpha value is -1.64. The molecule has 0 aromatic heterocycles. The van der Waals surface area contributed by atoms with Gasteiger partial charge in [0, 0.05) is 6.42 Å². The Morgan fingerprint density at radius 2 is 2.11 bits per heavy atom. The van der Waals surface area contributed by atoms with Crippen molar-refractivity contribution in [2.24, 2.45) is 0 Å². The van der Waals surface area contributed by atoms with Crippen molar-refractivity contribution in [2.45, 2.75) is 18.8 Å². The maximum absolute atomic E-state index is 6.08. The quantitative estimate of drug-likeness (QED) is 0.792. The largest absolute Gasteiger partial charge is 0.351 e. The molecule has 0 fully saturated rings. The third-order valence-electron chi connectivity index (χ3n) is 3.44. The summed E-state index contributed by atoms with van der Waals surface area (Å²) in [6.07, 6.45) is 11.6. The van der Waals surface area contributed by atoms with Crippen molar-refractivity contribution < 1.29 is 4.74 Å². The standard InChI is InChI=1S/C16H17NO/c1-17-16-11-10-12-6-2-3-7-13(12)14-8-4-5-9-15(14)18-16/h2-10,15-17H,11H2,1H3/b12-10?,14-13-. The van der Waals surface area contributed by atoms with Gasteiger partial charge in [-0.1, -0.05) is 54.6 Å². The SMILES string of the molecule is CNC1CC=c2cccc/c2=C2\C=CC=CC2O1. The summed E-state index contributed by atoms with van der Waals surface area (Å²) in [5, 5.41) is 5.78. The first kappa shape index (κ1) is 11.5. The smallest absolute Gasteiger partial charge is 0.112 e. The molecule has 2 heteroatoms. The Bertz CT molecular complexity index is 612. The molecule has 2 atom stereocenters. The van der Waals surface area contributed by atoms with Gasteiger partial charge >= 0.3 is 0 Å². The van der Waals surface area contributed by atoms with Crippen LogP contribution in [0, 0.1) is 0 Å². The van der Waals surface area contributed by atoms with E-state index >= 15 is 0 Å². The van der Waals surface area contributed by atoms with E-state index < -0.39 is 0 Å². The van der Waals surface area contributed by atoms with Gasteiger partial charge in [-0.2, -0.15) is 0 Å². The normalized spacial score (nSPS) is 28.7. The number of rotatable bonds is 1. The summed E-state index contributed by atoms with van der Waals surface area (Å²) in [5.41, 5.74) is 1.24. The fourth-order valence-electron chi connectivity index (χ4n) is 2.47. The molecule has 0 spiro atoms. The molecule has 1 aromatic rings. The minimum Gasteiger partial charge on any atom is -0.351 e. The van der Waals surface area contributed by atoms with Gasteiger partial charge < -0.3 is 4.74 Å². The van der Waals surface area contributed by atoms with Gasteiger partial charge in [0.15, 0.2) is 0 Å². The van der Waals surface area contributed by atoms with Crippen LogP contribution in [-0.2, 0) is 4.74 Å². The van der Waals surface area contributed by atoms with Crippen LogP contribution >= 0.6 is 0 Å². The Labute approximate surface area is 107 Å². The van der Waals surface area contributed by atoms with Crippen molar-refractivity contribution in [3.8, 4) is 0 Å². The van der Waals surface area contributed by atoms with Crippen LogP contribution in [0.3, 0.4) is 0 Å². The molecule has 2 aliphatic rings. The van der Waals surface area contributed by atoms with Gasteiger partial charge in [-0.25, -0.2) is 0 Å². The second-order valence-electron chi connectivity index (χ2n) is 4.56. The molecular weight excluding hydrogens is 222 g/mol.